The lowest BCUT2D eigenvalue weighted by Gasteiger charge is -2.11. The summed E-state index contributed by atoms with van der Waals surface area (Å²) < 4.78 is 3.25. The molecule has 0 saturated heterocycles. The Morgan fingerprint density at radius 3 is 2.55 bits per heavy atom. The fourth-order valence-corrected chi connectivity index (χ4v) is 3.75. The second-order valence-corrected chi connectivity index (χ2v) is 7.75. The van der Waals surface area contributed by atoms with Crippen LogP contribution in [0.5, 0.6) is 0 Å². The van der Waals surface area contributed by atoms with Gasteiger partial charge >= 0.3 is 0 Å². The van der Waals surface area contributed by atoms with Gasteiger partial charge in [-0.25, -0.2) is 9.97 Å². The fourth-order valence-electron chi connectivity index (χ4n) is 3.75. The molecule has 1 amide bonds. The van der Waals surface area contributed by atoms with E-state index in [1.165, 1.54) is 17.0 Å². The third kappa shape index (κ3) is 4.16. The van der Waals surface area contributed by atoms with Gasteiger partial charge in [-0.1, -0.05) is 54.6 Å². The van der Waals surface area contributed by atoms with E-state index >= 15 is 0 Å². The Morgan fingerprint density at radius 1 is 0.970 bits per heavy atom. The molecule has 3 heterocycles. The number of para-hydroxylation sites is 1. The van der Waals surface area contributed by atoms with Crippen molar-refractivity contribution in [2.45, 2.75) is 13.5 Å². The van der Waals surface area contributed by atoms with E-state index in [9.17, 15) is 9.59 Å². The highest BCUT2D eigenvalue weighted by Gasteiger charge is 2.13. The Morgan fingerprint density at radius 2 is 1.76 bits per heavy atom. The van der Waals surface area contributed by atoms with E-state index < -0.39 is 0 Å². The first kappa shape index (κ1) is 20.4. The zero-order valence-electron chi connectivity index (χ0n) is 18.0. The quantitative estimate of drug-likeness (QED) is 0.449. The van der Waals surface area contributed by atoms with E-state index in [4.69, 9.17) is 4.98 Å². The van der Waals surface area contributed by atoms with Crippen molar-refractivity contribution < 1.29 is 4.79 Å². The van der Waals surface area contributed by atoms with E-state index in [0.29, 0.717) is 11.4 Å². The predicted octanol–water partition coefficient (Wildman–Crippen LogP) is 4.17. The van der Waals surface area contributed by atoms with Crippen molar-refractivity contribution in [3.05, 3.63) is 107 Å². The molecule has 0 unspecified atom stereocenters. The minimum absolute atomic E-state index is 0.139. The van der Waals surface area contributed by atoms with Gasteiger partial charge < -0.3 is 9.72 Å². The number of aromatic nitrogens is 4. The number of amides is 1. The predicted molar refractivity (Wildman–Crippen MR) is 128 cm³/mol. The molecule has 7 heteroatoms. The molecule has 0 bridgehead atoms. The molecule has 0 spiro atoms. The molecule has 1 N–H and O–H groups in total. The molecule has 0 aliphatic rings. The summed E-state index contributed by atoms with van der Waals surface area (Å²) in [5.74, 6) is -0.321. The van der Waals surface area contributed by atoms with Gasteiger partial charge in [0.1, 0.15) is 12.2 Å². The molecule has 7 nitrogen and oxygen atoms in total. The number of benzene rings is 2. The molecule has 5 rings (SSSR count). The van der Waals surface area contributed by atoms with Crippen LogP contribution in [0, 0.1) is 6.92 Å². The first-order valence-electron chi connectivity index (χ1n) is 10.5. The van der Waals surface area contributed by atoms with Gasteiger partial charge in [0.2, 0.25) is 5.91 Å². The van der Waals surface area contributed by atoms with Crippen molar-refractivity contribution in [3.63, 3.8) is 0 Å². The van der Waals surface area contributed by atoms with Crippen LogP contribution in [0.15, 0.2) is 96.3 Å². The summed E-state index contributed by atoms with van der Waals surface area (Å²) in [6.07, 6.45) is 5.28. The van der Waals surface area contributed by atoms with E-state index in [1.54, 1.807) is 0 Å². The molecule has 0 fully saturated rings. The fraction of sp³-hybridized carbons (Fsp3) is 0.0769. The van der Waals surface area contributed by atoms with Crippen molar-refractivity contribution >= 4 is 17.2 Å². The van der Waals surface area contributed by atoms with Gasteiger partial charge in [-0.05, 0) is 24.6 Å². The molecular weight excluding hydrogens is 414 g/mol. The van der Waals surface area contributed by atoms with Crippen molar-refractivity contribution in [2.24, 2.45) is 0 Å². The largest absolute Gasteiger partial charge is 0.324 e. The third-order valence-electron chi connectivity index (χ3n) is 5.42. The lowest BCUT2D eigenvalue weighted by molar-refractivity contribution is -0.116. The highest BCUT2D eigenvalue weighted by Crippen LogP contribution is 2.28. The van der Waals surface area contributed by atoms with E-state index in [2.05, 4.69) is 10.3 Å². The summed E-state index contributed by atoms with van der Waals surface area (Å²) >= 11 is 0. The number of nitrogens with zero attached hydrogens (tertiary/aromatic N) is 4. The van der Waals surface area contributed by atoms with Gasteiger partial charge in [-0.2, -0.15) is 0 Å². The summed E-state index contributed by atoms with van der Waals surface area (Å²) in [5.41, 5.74) is 5.26. The van der Waals surface area contributed by atoms with E-state index in [0.717, 1.165) is 28.0 Å². The molecule has 0 atom stereocenters. The Bertz CT molecular complexity index is 1520. The number of hydrogen-bond acceptors (Lipinski definition) is 4. The van der Waals surface area contributed by atoms with Crippen molar-refractivity contribution in [1.82, 2.24) is 18.9 Å². The summed E-state index contributed by atoms with van der Waals surface area (Å²) in [6, 6.07) is 22.4. The van der Waals surface area contributed by atoms with Crippen molar-refractivity contribution in [3.8, 4) is 22.5 Å². The number of hydrogen-bond donors (Lipinski definition) is 1. The van der Waals surface area contributed by atoms with Gasteiger partial charge in [0.15, 0.2) is 0 Å². The first-order valence-corrected chi connectivity index (χ1v) is 10.5. The lowest BCUT2D eigenvalue weighted by atomic mass is 10.1. The normalized spacial score (nSPS) is 10.9. The minimum Gasteiger partial charge on any atom is -0.324 e. The molecular formula is C26H21N5O2. The lowest BCUT2D eigenvalue weighted by Crippen LogP contribution is -2.27. The van der Waals surface area contributed by atoms with Crippen LogP contribution in [0.25, 0.3) is 28.2 Å². The average Bonchev–Trinajstić information content (AvgIpc) is 3.27. The SMILES string of the molecule is Cc1cccn2cc(-c3ccccc3NC(=O)Cn3cnc(-c4ccccc4)cc3=O)nc12. The Labute approximate surface area is 190 Å². The number of pyridine rings is 1. The maximum atomic E-state index is 12.8. The molecule has 0 aliphatic heterocycles. The minimum atomic E-state index is -0.321. The zero-order valence-corrected chi connectivity index (χ0v) is 18.0. The summed E-state index contributed by atoms with van der Waals surface area (Å²) in [6.45, 7) is 1.87. The maximum Gasteiger partial charge on any atom is 0.254 e. The Balaban J connectivity index is 1.38. The number of carbonyl (C=O) groups excluding carboxylic acids is 1. The maximum absolute atomic E-state index is 12.8. The summed E-state index contributed by atoms with van der Waals surface area (Å²) in [5, 5.41) is 2.91. The molecule has 5 aromatic rings. The Hall–Kier alpha value is -4.52. The van der Waals surface area contributed by atoms with Crippen LogP contribution in [0.4, 0.5) is 5.69 Å². The highest BCUT2D eigenvalue weighted by molar-refractivity contribution is 5.95. The van der Waals surface area contributed by atoms with Crippen LogP contribution in [0.2, 0.25) is 0 Å². The Kier molecular flexibility index (Phi) is 5.28. The highest BCUT2D eigenvalue weighted by atomic mass is 16.2. The molecule has 2 aromatic carbocycles. The van der Waals surface area contributed by atoms with E-state index in [1.807, 2.05) is 90.4 Å². The number of anilines is 1. The molecule has 0 aliphatic carbocycles. The second-order valence-electron chi connectivity index (χ2n) is 7.75. The van der Waals surface area contributed by atoms with Crippen LogP contribution >= 0.6 is 0 Å². The second kappa shape index (κ2) is 8.55. The van der Waals surface area contributed by atoms with Crippen LogP contribution in [0.1, 0.15) is 5.56 Å². The molecule has 0 saturated carbocycles. The number of carbonyl (C=O) groups is 1. The van der Waals surface area contributed by atoms with Crippen LogP contribution < -0.4 is 10.9 Å². The van der Waals surface area contributed by atoms with E-state index in [-0.39, 0.29) is 18.0 Å². The molecule has 162 valence electrons. The molecule has 33 heavy (non-hydrogen) atoms. The number of rotatable bonds is 5. The number of fused-ring (bicyclic) bond motifs is 1. The molecule has 0 radical (unpaired) electrons. The van der Waals surface area contributed by atoms with Gasteiger partial charge in [-0.3, -0.25) is 14.2 Å². The average molecular weight is 435 g/mol. The van der Waals surface area contributed by atoms with Crippen molar-refractivity contribution in [1.29, 1.82) is 0 Å². The summed E-state index contributed by atoms with van der Waals surface area (Å²) in [7, 11) is 0. The molecule has 3 aromatic heterocycles. The van der Waals surface area contributed by atoms with Crippen LogP contribution in [-0.4, -0.2) is 24.8 Å². The van der Waals surface area contributed by atoms with Crippen LogP contribution in [-0.2, 0) is 11.3 Å². The number of aryl methyl sites for hydroxylation is 1. The summed E-state index contributed by atoms with van der Waals surface area (Å²) in [4.78, 5) is 34.4. The monoisotopic (exact) mass is 435 g/mol. The first-order chi connectivity index (χ1) is 16.1. The van der Waals surface area contributed by atoms with Crippen LogP contribution in [0.3, 0.4) is 0 Å². The standard InChI is InChI=1S/C26H21N5O2/c1-18-8-7-13-30-15-23(29-26(18)30)20-11-5-6-12-21(20)28-24(32)16-31-17-27-22(14-25(31)33)19-9-3-2-4-10-19/h2-15,17H,16H2,1H3,(H,28,32). The number of imidazole rings is 1. The van der Waals surface area contributed by atoms with Gasteiger partial charge in [0.05, 0.1) is 23.4 Å². The van der Waals surface area contributed by atoms with Gasteiger partial charge in [0, 0.05) is 29.6 Å². The topological polar surface area (TPSA) is 81.3 Å². The number of nitrogens with one attached hydrogen (secondary N) is 1. The van der Waals surface area contributed by atoms with Crippen molar-refractivity contribution in [2.75, 3.05) is 5.32 Å². The third-order valence-corrected chi connectivity index (χ3v) is 5.42. The van der Waals surface area contributed by atoms with Gasteiger partial charge in [-0.15, -0.1) is 0 Å². The zero-order chi connectivity index (χ0) is 22.8. The van der Waals surface area contributed by atoms with Gasteiger partial charge in [0.25, 0.3) is 5.56 Å². The smallest absolute Gasteiger partial charge is 0.254 e.